The highest BCUT2D eigenvalue weighted by Gasteiger charge is 2.18. The van der Waals surface area contributed by atoms with Crippen molar-refractivity contribution in [3.8, 4) is 5.75 Å². The molecule has 0 heterocycles. The molecule has 134 valence electrons. The SMILES string of the molecule is CN(C)S(=O)(=O)c1ccc(NC(=O)c2ccccc2OC(F)F)cc1. The molecule has 2 rings (SSSR count). The second kappa shape index (κ2) is 7.58. The first-order valence-corrected chi connectivity index (χ1v) is 8.53. The van der Waals surface area contributed by atoms with Crippen molar-refractivity contribution in [3.05, 3.63) is 54.1 Å². The van der Waals surface area contributed by atoms with Gasteiger partial charge in [-0.05, 0) is 36.4 Å². The fourth-order valence-electron chi connectivity index (χ4n) is 1.97. The largest absolute Gasteiger partial charge is 0.434 e. The number of nitrogens with zero attached hydrogens (tertiary/aromatic N) is 1. The summed E-state index contributed by atoms with van der Waals surface area (Å²) < 4.78 is 54.1. The van der Waals surface area contributed by atoms with Crippen LogP contribution in [0.3, 0.4) is 0 Å². The van der Waals surface area contributed by atoms with Gasteiger partial charge in [0.2, 0.25) is 10.0 Å². The Bertz CT molecular complexity index is 853. The van der Waals surface area contributed by atoms with E-state index in [4.69, 9.17) is 0 Å². The Morgan fingerprint density at radius 2 is 1.68 bits per heavy atom. The first kappa shape index (κ1) is 18.8. The summed E-state index contributed by atoms with van der Waals surface area (Å²) in [4.78, 5) is 12.3. The van der Waals surface area contributed by atoms with Gasteiger partial charge in [0, 0.05) is 19.8 Å². The Morgan fingerprint density at radius 3 is 2.24 bits per heavy atom. The fraction of sp³-hybridized carbons (Fsp3) is 0.188. The van der Waals surface area contributed by atoms with Crippen LogP contribution in [0.15, 0.2) is 53.4 Å². The van der Waals surface area contributed by atoms with Crippen LogP contribution in [0.4, 0.5) is 14.5 Å². The van der Waals surface area contributed by atoms with Crippen molar-refractivity contribution in [1.82, 2.24) is 4.31 Å². The highest BCUT2D eigenvalue weighted by Crippen LogP contribution is 2.22. The lowest BCUT2D eigenvalue weighted by molar-refractivity contribution is -0.0501. The molecule has 0 radical (unpaired) electrons. The second-order valence-electron chi connectivity index (χ2n) is 5.14. The third-order valence-corrected chi connectivity index (χ3v) is 5.07. The van der Waals surface area contributed by atoms with Gasteiger partial charge in [0.05, 0.1) is 10.5 Å². The van der Waals surface area contributed by atoms with Crippen LogP contribution in [-0.4, -0.2) is 39.3 Å². The summed E-state index contributed by atoms with van der Waals surface area (Å²) in [7, 11) is -0.762. The number of ether oxygens (including phenoxy) is 1. The number of amides is 1. The molecule has 0 bridgehead atoms. The number of carbonyl (C=O) groups is 1. The van der Waals surface area contributed by atoms with E-state index < -0.39 is 22.5 Å². The Hall–Kier alpha value is -2.52. The molecule has 0 aliphatic carbocycles. The van der Waals surface area contributed by atoms with Crippen LogP contribution in [0.5, 0.6) is 5.75 Å². The lowest BCUT2D eigenvalue weighted by Gasteiger charge is -2.13. The van der Waals surface area contributed by atoms with Gasteiger partial charge in [0.1, 0.15) is 5.75 Å². The second-order valence-corrected chi connectivity index (χ2v) is 7.29. The van der Waals surface area contributed by atoms with Crippen molar-refractivity contribution >= 4 is 21.6 Å². The van der Waals surface area contributed by atoms with Crippen LogP contribution in [-0.2, 0) is 10.0 Å². The van der Waals surface area contributed by atoms with Gasteiger partial charge < -0.3 is 10.1 Å². The molecule has 2 aromatic carbocycles. The van der Waals surface area contributed by atoms with Crippen molar-refractivity contribution < 1.29 is 26.7 Å². The Morgan fingerprint density at radius 1 is 1.08 bits per heavy atom. The van der Waals surface area contributed by atoms with Crippen LogP contribution in [0.1, 0.15) is 10.4 Å². The molecule has 1 amide bonds. The molecule has 9 heteroatoms. The van der Waals surface area contributed by atoms with E-state index in [1.165, 1.54) is 62.6 Å². The number of anilines is 1. The zero-order valence-corrected chi connectivity index (χ0v) is 14.3. The molecule has 1 N–H and O–H groups in total. The molecule has 2 aromatic rings. The smallest absolute Gasteiger partial charge is 0.387 e. The Labute approximate surface area is 144 Å². The summed E-state index contributed by atoms with van der Waals surface area (Å²) in [6, 6.07) is 11.1. The molecule has 0 aliphatic rings. The van der Waals surface area contributed by atoms with Crippen LogP contribution >= 0.6 is 0 Å². The van der Waals surface area contributed by atoms with E-state index in [0.717, 1.165) is 4.31 Å². The van der Waals surface area contributed by atoms with Gasteiger partial charge in [0.25, 0.3) is 5.91 Å². The maximum absolute atomic E-state index is 12.4. The zero-order valence-electron chi connectivity index (χ0n) is 13.4. The maximum Gasteiger partial charge on any atom is 0.387 e. The summed E-state index contributed by atoms with van der Waals surface area (Å²) >= 11 is 0. The molecule has 0 saturated heterocycles. The Kier molecular flexibility index (Phi) is 5.70. The van der Waals surface area contributed by atoms with Gasteiger partial charge in [-0.1, -0.05) is 12.1 Å². The number of carbonyl (C=O) groups excluding carboxylic acids is 1. The van der Waals surface area contributed by atoms with Gasteiger partial charge in [-0.15, -0.1) is 0 Å². The van der Waals surface area contributed by atoms with Crippen molar-refractivity contribution in [2.45, 2.75) is 11.5 Å². The van der Waals surface area contributed by atoms with Gasteiger partial charge in [-0.25, -0.2) is 12.7 Å². The quantitative estimate of drug-likeness (QED) is 0.848. The molecular formula is C16H16F2N2O4S. The average molecular weight is 370 g/mol. The summed E-state index contributed by atoms with van der Waals surface area (Å²) in [6.45, 7) is -3.05. The van der Waals surface area contributed by atoms with E-state index in [0.29, 0.717) is 5.69 Å². The van der Waals surface area contributed by atoms with Crippen molar-refractivity contribution in [2.24, 2.45) is 0 Å². The minimum atomic E-state index is -3.58. The van der Waals surface area contributed by atoms with Gasteiger partial charge in [-0.2, -0.15) is 8.78 Å². The number of hydrogen-bond donors (Lipinski definition) is 1. The third-order valence-electron chi connectivity index (χ3n) is 3.24. The van der Waals surface area contributed by atoms with Gasteiger partial charge in [0.15, 0.2) is 0 Å². The van der Waals surface area contributed by atoms with E-state index in [2.05, 4.69) is 10.1 Å². The normalized spacial score (nSPS) is 11.6. The first-order valence-electron chi connectivity index (χ1n) is 7.09. The number of sulfonamides is 1. The van der Waals surface area contributed by atoms with Crippen LogP contribution in [0.25, 0.3) is 0 Å². The standard InChI is InChI=1S/C16H16F2N2O4S/c1-20(2)25(22,23)12-9-7-11(8-10-12)19-15(21)13-5-3-4-6-14(13)24-16(17)18/h3-10,16H,1-2H3,(H,19,21). The topological polar surface area (TPSA) is 75.7 Å². The van der Waals surface area contributed by atoms with Crippen LogP contribution < -0.4 is 10.1 Å². The molecule has 0 unspecified atom stereocenters. The van der Waals surface area contributed by atoms with E-state index in [1.54, 1.807) is 0 Å². The van der Waals surface area contributed by atoms with Gasteiger partial charge >= 0.3 is 6.61 Å². The number of halogens is 2. The molecule has 25 heavy (non-hydrogen) atoms. The highest BCUT2D eigenvalue weighted by molar-refractivity contribution is 7.89. The molecule has 0 saturated carbocycles. The molecule has 0 spiro atoms. The zero-order chi connectivity index (χ0) is 18.6. The minimum Gasteiger partial charge on any atom is -0.434 e. The van der Waals surface area contributed by atoms with Crippen molar-refractivity contribution in [1.29, 1.82) is 0 Å². The molecular weight excluding hydrogens is 354 g/mol. The highest BCUT2D eigenvalue weighted by atomic mass is 32.2. The lowest BCUT2D eigenvalue weighted by Crippen LogP contribution is -2.22. The van der Waals surface area contributed by atoms with Gasteiger partial charge in [-0.3, -0.25) is 4.79 Å². The number of benzene rings is 2. The molecule has 6 nitrogen and oxygen atoms in total. The molecule has 0 aromatic heterocycles. The average Bonchev–Trinajstić information content (AvgIpc) is 2.55. The monoisotopic (exact) mass is 370 g/mol. The predicted octanol–water partition coefficient (Wildman–Crippen LogP) is 2.79. The van der Waals surface area contributed by atoms with Crippen molar-refractivity contribution in [3.63, 3.8) is 0 Å². The predicted molar refractivity (Wildman–Crippen MR) is 88.3 cm³/mol. The van der Waals surface area contributed by atoms with Crippen LogP contribution in [0.2, 0.25) is 0 Å². The van der Waals surface area contributed by atoms with E-state index in [9.17, 15) is 22.0 Å². The number of rotatable bonds is 6. The van der Waals surface area contributed by atoms with E-state index in [-0.39, 0.29) is 16.2 Å². The maximum atomic E-state index is 12.4. The van der Waals surface area contributed by atoms with E-state index >= 15 is 0 Å². The third kappa shape index (κ3) is 4.52. The van der Waals surface area contributed by atoms with Crippen LogP contribution in [0, 0.1) is 0 Å². The first-order chi connectivity index (χ1) is 11.7. The summed E-state index contributed by atoms with van der Waals surface area (Å²) in [5.41, 5.74) is 0.252. The Balaban J connectivity index is 2.20. The number of nitrogens with one attached hydrogen (secondary N) is 1. The van der Waals surface area contributed by atoms with Crippen molar-refractivity contribution in [2.75, 3.05) is 19.4 Å². The molecule has 0 fully saturated rings. The summed E-state index contributed by atoms with van der Waals surface area (Å²) in [5, 5.41) is 2.51. The summed E-state index contributed by atoms with van der Waals surface area (Å²) in [6.07, 6.45) is 0. The fourth-order valence-corrected chi connectivity index (χ4v) is 2.87. The van der Waals surface area contributed by atoms with E-state index in [1.807, 2.05) is 0 Å². The molecule has 0 atom stereocenters. The number of para-hydroxylation sites is 1. The summed E-state index contributed by atoms with van der Waals surface area (Å²) in [5.74, 6) is -0.902. The minimum absolute atomic E-state index is 0.0622. The number of hydrogen-bond acceptors (Lipinski definition) is 4. The lowest BCUT2D eigenvalue weighted by atomic mass is 10.2. The molecule has 0 aliphatic heterocycles. The number of alkyl halides is 2.